The van der Waals surface area contributed by atoms with Crippen LogP contribution >= 0.6 is 0 Å². The zero-order chi connectivity index (χ0) is 19.6. The Labute approximate surface area is 153 Å². The first-order valence-electron chi connectivity index (χ1n) is 8.44. The number of aromatic amines is 1. The molecule has 2 rings (SSSR count). The van der Waals surface area contributed by atoms with Gasteiger partial charge in [0.1, 0.15) is 0 Å². The van der Waals surface area contributed by atoms with Gasteiger partial charge in [-0.15, -0.1) is 0 Å². The van der Waals surface area contributed by atoms with E-state index in [2.05, 4.69) is 10.3 Å². The van der Waals surface area contributed by atoms with Gasteiger partial charge >= 0.3 is 0 Å². The van der Waals surface area contributed by atoms with Crippen LogP contribution in [0.5, 0.6) is 11.5 Å². The summed E-state index contributed by atoms with van der Waals surface area (Å²) in [5, 5.41) is 3.23. The molecule has 0 fully saturated rings. The van der Waals surface area contributed by atoms with Crippen molar-refractivity contribution in [3.63, 3.8) is 0 Å². The third kappa shape index (κ3) is 3.59. The van der Waals surface area contributed by atoms with Crippen molar-refractivity contribution in [3.05, 3.63) is 40.2 Å². The summed E-state index contributed by atoms with van der Waals surface area (Å²) in [6, 6.07) is 3.19. The SMILES string of the molecule is COc1cc(C)c(N[C@@H](C)C(=O)c2[nH]c(C)c(C(C)=O)c2C)cc1OC. The highest BCUT2D eigenvalue weighted by Gasteiger charge is 2.24. The van der Waals surface area contributed by atoms with Crippen LogP contribution in [0.25, 0.3) is 0 Å². The number of rotatable bonds is 7. The van der Waals surface area contributed by atoms with Gasteiger partial charge in [0.05, 0.1) is 26.0 Å². The summed E-state index contributed by atoms with van der Waals surface area (Å²) in [7, 11) is 3.15. The highest BCUT2D eigenvalue weighted by molar-refractivity contribution is 6.05. The Hall–Kier alpha value is -2.76. The maximum absolute atomic E-state index is 12.9. The second-order valence-corrected chi connectivity index (χ2v) is 6.43. The molecule has 1 aromatic heterocycles. The highest BCUT2D eigenvalue weighted by atomic mass is 16.5. The summed E-state index contributed by atoms with van der Waals surface area (Å²) < 4.78 is 10.6. The molecule has 1 aromatic carbocycles. The number of carbonyl (C=O) groups is 2. The van der Waals surface area contributed by atoms with Crippen LogP contribution in [0, 0.1) is 20.8 Å². The maximum Gasteiger partial charge on any atom is 0.201 e. The molecule has 1 heterocycles. The van der Waals surface area contributed by atoms with Crippen molar-refractivity contribution in [2.75, 3.05) is 19.5 Å². The van der Waals surface area contributed by atoms with E-state index < -0.39 is 6.04 Å². The number of ether oxygens (including phenoxy) is 2. The van der Waals surface area contributed by atoms with E-state index in [1.54, 1.807) is 35.0 Å². The number of H-pyrrole nitrogens is 1. The summed E-state index contributed by atoms with van der Waals surface area (Å²) in [5.74, 6) is 1.07. The fourth-order valence-electron chi connectivity index (χ4n) is 3.18. The van der Waals surface area contributed by atoms with Crippen LogP contribution in [0.1, 0.15) is 51.5 Å². The summed E-state index contributed by atoms with van der Waals surface area (Å²) in [4.78, 5) is 27.7. The van der Waals surface area contributed by atoms with Gasteiger partial charge in [-0.1, -0.05) is 0 Å². The maximum atomic E-state index is 12.9. The Morgan fingerprint density at radius 3 is 2.15 bits per heavy atom. The molecule has 0 bridgehead atoms. The number of methoxy groups -OCH3 is 2. The molecule has 0 aliphatic carbocycles. The Balaban J connectivity index is 2.31. The number of benzene rings is 1. The average Bonchev–Trinajstić information content (AvgIpc) is 2.89. The average molecular weight is 358 g/mol. The molecule has 0 aliphatic rings. The molecular formula is C20H26N2O4. The predicted octanol–water partition coefficient (Wildman–Crippen LogP) is 3.84. The second kappa shape index (κ2) is 7.64. The fraction of sp³-hybridized carbons (Fsp3) is 0.400. The minimum Gasteiger partial charge on any atom is -0.493 e. The van der Waals surface area contributed by atoms with Crippen LogP contribution in [0.2, 0.25) is 0 Å². The minimum absolute atomic E-state index is 0.0494. The Kier molecular flexibility index (Phi) is 5.75. The number of ketones is 2. The minimum atomic E-state index is -0.483. The third-order valence-electron chi connectivity index (χ3n) is 4.53. The third-order valence-corrected chi connectivity index (χ3v) is 4.53. The lowest BCUT2D eigenvalue weighted by Gasteiger charge is -2.18. The molecule has 0 unspecified atom stereocenters. The molecule has 0 amide bonds. The van der Waals surface area contributed by atoms with Gasteiger partial charge in [-0.3, -0.25) is 9.59 Å². The largest absolute Gasteiger partial charge is 0.493 e. The van der Waals surface area contributed by atoms with Crippen LogP contribution in [-0.2, 0) is 0 Å². The lowest BCUT2D eigenvalue weighted by molar-refractivity contribution is 0.0970. The highest BCUT2D eigenvalue weighted by Crippen LogP contribution is 2.33. The first-order chi connectivity index (χ1) is 12.2. The van der Waals surface area contributed by atoms with E-state index in [4.69, 9.17) is 9.47 Å². The Morgan fingerprint density at radius 1 is 1.08 bits per heavy atom. The fourth-order valence-corrected chi connectivity index (χ4v) is 3.18. The van der Waals surface area contributed by atoms with Crippen molar-refractivity contribution in [3.8, 4) is 11.5 Å². The predicted molar refractivity (Wildman–Crippen MR) is 102 cm³/mol. The molecule has 0 saturated carbocycles. The second-order valence-electron chi connectivity index (χ2n) is 6.43. The van der Waals surface area contributed by atoms with Gasteiger partial charge in [0.15, 0.2) is 17.3 Å². The van der Waals surface area contributed by atoms with Crippen molar-refractivity contribution in [1.29, 1.82) is 0 Å². The molecule has 26 heavy (non-hydrogen) atoms. The summed E-state index contributed by atoms with van der Waals surface area (Å²) >= 11 is 0. The van der Waals surface area contributed by atoms with E-state index in [1.807, 2.05) is 19.1 Å². The molecular weight excluding hydrogens is 332 g/mol. The normalized spacial score (nSPS) is 11.8. The van der Waals surface area contributed by atoms with Crippen molar-refractivity contribution in [2.45, 2.75) is 40.7 Å². The number of hydrogen-bond donors (Lipinski definition) is 2. The number of Topliss-reactive ketones (excluding diaryl/α,β-unsaturated/α-hetero) is 2. The first kappa shape index (κ1) is 19.6. The standard InChI is InChI=1S/C20H26N2O4/c1-10-8-16(25-6)17(26-7)9-15(10)21-13(4)20(24)19-11(2)18(14(5)23)12(3)22-19/h8-9,13,21-22H,1-7H3/t13-/m0/s1. The van der Waals surface area contributed by atoms with Crippen molar-refractivity contribution in [2.24, 2.45) is 0 Å². The molecule has 1 atom stereocenters. The topological polar surface area (TPSA) is 80.4 Å². The summed E-state index contributed by atoms with van der Waals surface area (Å²) in [6.07, 6.45) is 0. The summed E-state index contributed by atoms with van der Waals surface area (Å²) in [6.45, 7) is 8.83. The first-order valence-corrected chi connectivity index (χ1v) is 8.44. The van der Waals surface area contributed by atoms with Gasteiger partial charge < -0.3 is 19.8 Å². The van der Waals surface area contributed by atoms with Gasteiger partial charge in [-0.05, 0) is 51.8 Å². The van der Waals surface area contributed by atoms with Crippen molar-refractivity contribution in [1.82, 2.24) is 4.98 Å². The number of nitrogens with one attached hydrogen (secondary N) is 2. The van der Waals surface area contributed by atoms with E-state index in [1.165, 1.54) is 6.92 Å². The van der Waals surface area contributed by atoms with Gasteiger partial charge in [-0.2, -0.15) is 0 Å². The van der Waals surface area contributed by atoms with E-state index in [9.17, 15) is 9.59 Å². The van der Waals surface area contributed by atoms with E-state index in [0.29, 0.717) is 34.0 Å². The van der Waals surface area contributed by atoms with Crippen LogP contribution < -0.4 is 14.8 Å². The van der Waals surface area contributed by atoms with Crippen molar-refractivity contribution >= 4 is 17.3 Å². The zero-order valence-corrected chi connectivity index (χ0v) is 16.4. The molecule has 0 saturated heterocycles. The molecule has 0 spiro atoms. The lowest BCUT2D eigenvalue weighted by atomic mass is 10.0. The van der Waals surface area contributed by atoms with Crippen LogP contribution in [0.15, 0.2) is 12.1 Å². The smallest absolute Gasteiger partial charge is 0.201 e. The monoisotopic (exact) mass is 358 g/mol. The quantitative estimate of drug-likeness (QED) is 0.735. The van der Waals surface area contributed by atoms with Gasteiger partial charge in [0.25, 0.3) is 0 Å². The molecule has 2 aromatic rings. The van der Waals surface area contributed by atoms with Crippen LogP contribution in [0.3, 0.4) is 0 Å². The number of aromatic nitrogens is 1. The summed E-state index contributed by atoms with van der Waals surface area (Å²) in [5.41, 5.74) is 4.18. The molecule has 2 N–H and O–H groups in total. The van der Waals surface area contributed by atoms with Crippen molar-refractivity contribution < 1.29 is 19.1 Å². The van der Waals surface area contributed by atoms with Crippen LogP contribution in [-0.4, -0.2) is 36.8 Å². The molecule has 6 heteroatoms. The van der Waals surface area contributed by atoms with E-state index in [0.717, 1.165) is 11.3 Å². The molecule has 0 aliphatic heterocycles. The molecule has 0 radical (unpaired) electrons. The lowest BCUT2D eigenvalue weighted by Crippen LogP contribution is -2.27. The Bertz CT molecular complexity index is 852. The zero-order valence-electron chi connectivity index (χ0n) is 16.4. The molecule has 6 nitrogen and oxygen atoms in total. The van der Waals surface area contributed by atoms with E-state index >= 15 is 0 Å². The number of carbonyl (C=O) groups excluding carboxylic acids is 2. The van der Waals surface area contributed by atoms with Gasteiger partial charge in [0, 0.05) is 23.0 Å². The van der Waals surface area contributed by atoms with E-state index in [-0.39, 0.29) is 11.6 Å². The number of anilines is 1. The van der Waals surface area contributed by atoms with Gasteiger partial charge in [0.2, 0.25) is 5.78 Å². The number of hydrogen-bond acceptors (Lipinski definition) is 5. The Morgan fingerprint density at radius 2 is 1.65 bits per heavy atom. The molecule has 140 valence electrons. The number of aryl methyl sites for hydroxylation is 2. The van der Waals surface area contributed by atoms with Gasteiger partial charge in [-0.25, -0.2) is 0 Å². The van der Waals surface area contributed by atoms with Crippen LogP contribution in [0.4, 0.5) is 5.69 Å².